The first-order chi connectivity index (χ1) is 8.39. The summed E-state index contributed by atoms with van der Waals surface area (Å²) < 4.78 is 5.37. The molecule has 2 aliphatic rings. The van der Waals surface area contributed by atoms with Crippen LogP contribution in [0.5, 0.6) is 0 Å². The van der Waals surface area contributed by atoms with Crippen LogP contribution in [-0.2, 0) is 4.74 Å². The van der Waals surface area contributed by atoms with Crippen LogP contribution in [0.15, 0.2) is 5.29 Å². The largest absolute Gasteiger partial charge is 0.444 e. The number of likely N-dealkylation sites (tertiary alicyclic amines) is 1. The topological polar surface area (TPSA) is 62.2 Å². The molecule has 2 rings (SSSR count). The molecular formula is C12H21N3O3. The van der Waals surface area contributed by atoms with Crippen molar-refractivity contribution in [3.8, 4) is 0 Å². The summed E-state index contributed by atoms with van der Waals surface area (Å²) >= 11 is 0. The molecule has 1 amide bonds. The van der Waals surface area contributed by atoms with Gasteiger partial charge < -0.3 is 9.64 Å². The molecule has 2 heterocycles. The second-order valence-corrected chi connectivity index (χ2v) is 6.19. The van der Waals surface area contributed by atoms with Crippen LogP contribution >= 0.6 is 0 Å². The van der Waals surface area contributed by atoms with Gasteiger partial charge in [-0.05, 0) is 33.1 Å². The third-order valence-corrected chi connectivity index (χ3v) is 3.55. The van der Waals surface area contributed by atoms with E-state index >= 15 is 0 Å². The van der Waals surface area contributed by atoms with E-state index in [-0.39, 0.29) is 6.09 Å². The third-order valence-electron chi connectivity index (χ3n) is 3.55. The van der Waals surface area contributed by atoms with Crippen molar-refractivity contribution < 1.29 is 9.53 Å². The van der Waals surface area contributed by atoms with Crippen molar-refractivity contribution in [2.75, 3.05) is 26.2 Å². The fourth-order valence-corrected chi connectivity index (χ4v) is 2.70. The number of rotatable bonds is 1. The van der Waals surface area contributed by atoms with Gasteiger partial charge in [-0.2, -0.15) is 0 Å². The van der Waals surface area contributed by atoms with Crippen LogP contribution in [0.4, 0.5) is 4.79 Å². The molecule has 0 bridgehead atoms. The summed E-state index contributed by atoms with van der Waals surface area (Å²) in [6, 6.07) is 0. The van der Waals surface area contributed by atoms with Gasteiger partial charge in [0.05, 0.1) is 5.29 Å². The minimum absolute atomic E-state index is 0.248. The number of carbonyl (C=O) groups excluding carboxylic acids is 1. The predicted molar refractivity (Wildman–Crippen MR) is 66.8 cm³/mol. The Hall–Kier alpha value is -1.33. The number of ether oxygens (including phenoxy) is 1. The molecule has 0 aromatic carbocycles. The molecule has 0 saturated carbocycles. The van der Waals surface area contributed by atoms with Gasteiger partial charge in [-0.25, -0.2) is 4.79 Å². The molecule has 0 aromatic heterocycles. The van der Waals surface area contributed by atoms with Crippen LogP contribution in [0.25, 0.3) is 0 Å². The highest BCUT2D eigenvalue weighted by atomic mass is 16.6. The second kappa shape index (κ2) is 4.74. The summed E-state index contributed by atoms with van der Waals surface area (Å²) in [4.78, 5) is 24.2. The van der Waals surface area contributed by atoms with E-state index in [4.69, 9.17) is 4.74 Å². The summed E-state index contributed by atoms with van der Waals surface area (Å²) in [5.74, 6) is 0.833. The Labute approximate surface area is 107 Å². The number of nitroso groups, excluding NO2 is 1. The summed E-state index contributed by atoms with van der Waals surface area (Å²) in [6.45, 7) is 8.38. The molecule has 102 valence electrons. The highest BCUT2D eigenvalue weighted by Crippen LogP contribution is 2.31. The van der Waals surface area contributed by atoms with Gasteiger partial charge in [0.1, 0.15) is 5.60 Å². The highest BCUT2D eigenvalue weighted by molar-refractivity contribution is 5.68. The molecule has 0 N–H and O–H groups in total. The van der Waals surface area contributed by atoms with Crippen molar-refractivity contribution >= 4 is 6.09 Å². The van der Waals surface area contributed by atoms with E-state index in [1.54, 1.807) is 9.91 Å². The lowest BCUT2D eigenvalue weighted by atomic mass is 9.90. The van der Waals surface area contributed by atoms with Gasteiger partial charge in [-0.1, -0.05) is 0 Å². The Bertz CT molecular complexity index is 340. The molecule has 0 aromatic rings. The maximum atomic E-state index is 12.0. The number of hydrogen-bond donors (Lipinski definition) is 0. The van der Waals surface area contributed by atoms with Gasteiger partial charge in [0, 0.05) is 32.1 Å². The summed E-state index contributed by atoms with van der Waals surface area (Å²) in [5.41, 5.74) is -0.457. The van der Waals surface area contributed by atoms with Gasteiger partial charge in [-0.3, -0.25) is 5.01 Å². The fraction of sp³-hybridized carbons (Fsp3) is 0.917. The molecular weight excluding hydrogens is 234 g/mol. The van der Waals surface area contributed by atoms with Crippen molar-refractivity contribution in [3.63, 3.8) is 0 Å². The average Bonchev–Trinajstić information content (AvgIpc) is 2.69. The number of hydrogen-bond acceptors (Lipinski definition) is 4. The van der Waals surface area contributed by atoms with Crippen LogP contribution in [0.2, 0.25) is 0 Å². The van der Waals surface area contributed by atoms with E-state index in [1.807, 2.05) is 20.8 Å². The molecule has 2 unspecified atom stereocenters. The van der Waals surface area contributed by atoms with Crippen LogP contribution in [0.3, 0.4) is 0 Å². The SMILES string of the molecule is CC(C)(C)OC(=O)N1CC2CCN(N=O)CC2C1. The Kier molecular flexibility index (Phi) is 3.45. The predicted octanol–water partition coefficient (Wildman–Crippen LogP) is 1.86. The van der Waals surface area contributed by atoms with Gasteiger partial charge in [0.25, 0.3) is 0 Å². The summed E-state index contributed by atoms with van der Waals surface area (Å²) in [7, 11) is 0. The van der Waals surface area contributed by atoms with Gasteiger partial charge in [-0.15, -0.1) is 4.91 Å². The van der Waals surface area contributed by atoms with E-state index in [0.717, 1.165) is 13.0 Å². The Morgan fingerprint density at radius 3 is 2.50 bits per heavy atom. The average molecular weight is 255 g/mol. The van der Waals surface area contributed by atoms with Gasteiger partial charge >= 0.3 is 6.09 Å². The molecule has 0 aliphatic carbocycles. The lowest BCUT2D eigenvalue weighted by molar-refractivity contribution is 0.0284. The van der Waals surface area contributed by atoms with Crippen molar-refractivity contribution in [1.29, 1.82) is 0 Å². The molecule has 2 saturated heterocycles. The van der Waals surface area contributed by atoms with E-state index in [0.29, 0.717) is 31.5 Å². The van der Waals surface area contributed by atoms with E-state index in [9.17, 15) is 9.70 Å². The van der Waals surface area contributed by atoms with Crippen LogP contribution in [-0.4, -0.2) is 47.8 Å². The Morgan fingerprint density at radius 1 is 1.22 bits per heavy atom. The molecule has 2 aliphatic heterocycles. The molecule has 2 fully saturated rings. The first-order valence-electron chi connectivity index (χ1n) is 6.45. The Balaban J connectivity index is 1.91. The zero-order valence-electron chi connectivity index (χ0n) is 11.3. The van der Waals surface area contributed by atoms with E-state index < -0.39 is 5.60 Å². The first-order valence-corrected chi connectivity index (χ1v) is 6.45. The number of nitrogens with zero attached hydrogens (tertiary/aromatic N) is 3. The molecule has 0 radical (unpaired) electrons. The van der Waals surface area contributed by atoms with Crippen LogP contribution in [0, 0.1) is 16.7 Å². The lowest BCUT2D eigenvalue weighted by Crippen LogP contribution is -2.37. The Morgan fingerprint density at radius 2 is 1.89 bits per heavy atom. The lowest BCUT2D eigenvalue weighted by Gasteiger charge is -2.29. The molecule has 18 heavy (non-hydrogen) atoms. The van der Waals surface area contributed by atoms with Crippen LogP contribution in [0.1, 0.15) is 27.2 Å². The van der Waals surface area contributed by atoms with E-state index in [1.165, 1.54) is 0 Å². The molecule has 0 spiro atoms. The van der Waals surface area contributed by atoms with Gasteiger partial charge in [0.2, 0.25) is 0 Å². The summed E-state index contributed by atoms with van der Waals surface area (Å²) in [6.07, 6.45) is 0.679. The van der Waals surface area contributed by atoms with Gasteiger partial charge in [0.15, 0.2) is 0 Å². The van der Waals surface area contributed by atoms with Crippen LogP contribution < -0.4 is 0 Å². The third kappa shape index (κ3) is 2.91. The molecule has 6 nitrogen and oxygen atoms in total. The highest BCUT2D eigenvalue weighted by Gasteiger charge is 2.40. The number of carbonyl (C=O) groups is 1. The zero-order chi connectivity index (χ0) is 13.3. The monoisotopic (exact) mass is 255 g/mol. The minimum Gasteiger partial charge on any atom is -0.444 e. The fourth-order valence-electron chi connectivity index (χ4n) is 2.70. The number of amides is 1. The standard InChI is InChI=1S/C12H21N3O3/c1-12(2,3)18-11(16)14-6-9-4-5-15(13-17)8-10(9)7-14/h9-10H,4-8H2,1-3H3. The zero-order valence-corrected chi connectivity index (χ0v) is 11.3. The second-order valence-electron chi connectivity index (χ2n) is 6.19. The number of piperidine rings is 1. The van der Waals surface area contributed by atoms with Crippen molar-refractivity contribution in [2.24, 2.45) is 17.1 Å². The normalized spacial score (nSPS) is 27.9. The van der Waals surface area contributed by atoms with Crippen molar-refractivity contribution in [3.05, 3.63) is 4.91 Å². The maximum absolute atomic E-state index is 12.0. The quantitative estimate of drug-likeness (QED) is 0.671. The molecule has 6 heteroatoms. The smallest absolute Gasteiger partial charge is 0.410 e. The first kappa shape index (κ1) is 13.1. The van der Waals surface area contributed by atoms with E-state index in [2.05, 4.69) is 5.29 Å². The van der Waals surface area contributed by atoms with Crippen molar-refractivity contribution in [1.82, 2.24) is 9.91 Å². The van der Waals surface area contributed by atoms with Crippen molar-refractivity contribution in [2.45, 2.75) is 32.8 Å². The number of fused-ring (bicyclic) bond motifs is 1. The maximum Gasteiger partial charge on any atom is 0.410 e. The molecule has 2 atom stereocenters. The summed E-state index contributed by atoms with van der Waals surface area (Å²) in [5, 5.41) is 4.54. The minimum atomic E-state index is -0.457.